The van der Waals surface area contributed by atoms with Gasteiger partial charge < -0.3 is 9.64 Å². The summed E-state index contributed by atoms with van der Waals surface area (Å²) < 4.78 is 6.98. The molecule has 0 aromatic carbocycles. The van der Waals surface area contributed by atoms with Crippen LogP contribution in [-0.4, -0.2) is 42.5 Å². The highest BCUT2D eigenvalue weighted by molar-refractivity contribution is 5.83. The molecule has 2 aromatic heterocycles. The molecule has 0 amide bonds. The number of rotatable bonds is 7. The lowest BCUT2D eigenvalue weighted by Gasteiger charge is -2.24. The molecular formula is C15H21N3O2. The fourth-order valence-corrected chi connectivity index (χ4v) is 2.27. The summed E-state index contributed by atoms with van der Waals surface area (Å²) in [6.45, 7) is 6.47. The number of ether oxygens (including phenoxy) is 1. The molecule has 5 heteroatoms. The third-order valence-corrected chi connectivity index (χ3v) is 3.11. The maximum Gasteiger partial charge on any atom is 0.170 e. The van der Waals surface area contributed by atoms with E-state index < -0.39 is 0 Å². The summed E-state index contributed by atoms with van der Waals surface area (Å²) in [7, 11) is 1.68. The number of nitrogens with zero attached hydrogens (tertiary/aromatic N) is 3. The molecule has 0 bridgehead atoms. The second-order valence-corrected chi connectivity index (χ2v) is 5.20. The summed E-state index contributed by atoms with van der Waals surface area (Å²) in [5.74, 6) is 1.22. The molecule has 5 nitrogen and oxygen atoms in total. The van der Waals surface area contributed by atoms with Crippen LogP contribution in [0.1, 0.15) is 24.3 Å². The van der Waals surface area contributed by atoms with E-state index in [0.29, 0.717) is 18.2 Å². The van der Waals surface area contributed by atoms with Crippen LogP contribution in [0.25, 0.3) is 5.65 Å². The molecule has 0 saturated carbocycles. The van der Waals surface area contributed by atoms with Gasteiger partial charge in [-0.25, -0.2) is 4.98 Å². The van der Waals surface area contributed by atoms with Crippen LogP contribution < -0.4 is 4.90 Å². The second-order valence-electron chi connectivity index (χ2n) is 5.20. The fourth-order valence-electron chi connectivity index (χ4n) is 2.27. The zero-order valence-electron chi connectivity index (χ0n) is 12.2. The van der Waals surface area contributed by atoms with Gasteiger partial charge >= 0.3 is 0 Å². The Morgan fingerprint density at radius 2 is 2.25 bits per heavy atom. The number of aromatic nitrogens is 2. The zero-order valence-corrected chi connectivity index (χ0v) is 12.2. The van der Waals surface area contributed by atoms with Gasteiger partial charge in [0.2, 0.25) is 0 Å². The summed E-state index contributed by atoms with van der Waals surface area (Å²) in [6.07, 6.45) is 2.73. The van der Waals surface area contributed by atoms with Crippen LogP contribution in [-0.2, 0) is 4.74 Å². The molecule has 0 aliphatic rings. The first kappa shape index (κ1) is 14.5. The van der Waals surface area contributed by atoms with Crippen molar-refractivity contribution in [2.24, 2.45) is 5.92 Å². The Morgan fingerprint density at radius 3 is 2.90 bits per heavy atom. The number of anilines is 1. The summed E-state index contributed by atoms with van der Waals surface area (Å²) in [4.78, 5) is 18.2. The smallest absolute Gasteiger partial charge is 0.170 e. The summed E-state index contributed by atoms with van der Waals surface area (Å²) >= 11 is 0. The van der Waals surface area contributed by atoms with Crippen molar-refractivity contribution in [1.29, 1.82) is 0 Å². The average molecular weight is 275 g/mol. The Labute approximate surface area is 119 Å². The Morgan fingerprint density at radius 1 is 1.45 bits per heavy atom. The molecule has 2 rings (SSSR count). The number of carbonyl (C=O) groups is 1. The lowest BCUT2D eigenvalue weighted by molar-refractivity contribution is 0.111. The van der Waals surface area contributed by atoms with Gasteiger partial charge in [-0.05, 0) is 18.1 Å². The number of carbonyl (C=O) groups excluding carboxylic acids is 1. The Hall–Kier alpha value is -1.88. The third kappa shape index (κ3) is 2.99. The van der Waals surface area contributed by atoms with Crippen molar-refractivity contribution in [3.8, 4) is 0 Å². The standard InChI is InChI=1S/C15H21N3O2/c1-12(2)10-17(8-9-20-3)15-13(11-19)18-7-5-4-6-14(18)16-15/h4-7,11-12H,8-10H2,1-3H3. The normalized spacial score (nSPS) is 11.2. The number of hydrogen-bond acceptors (Lipinski definition) is 4. The van der Waals surface area contributed by atoms with Crippen LogP contribution in [0.3, 0.4) is 0 Å². The maximum atomic E-state index is 11.4. The summed E-state index contributed by atoms with van der Waals surface area (Å²) in [6, 6.07) is 5.72. The Kier molecular flexibility index (Phi) is 4.74. The minimum absolute atomic E-state index is 0.483. The van der Waals surface area contributed by atoms with Gasteiger partial charge in [0.05, 0.1) is 6.61 Å². The van der Waals surface area contributed by atoms with E-state index in [1.807, 2.05) is 28.8 Å². The molecule has 108 valence electrons. The van der Waals surface area contributed by atoms with Crippen LogP contribution in [0.5, 0.6) is 0 Å². The van der Waals surface area contributed by atoms with E-state index in [1.54, 1.807) is 7.11 Å². The van der Waals surface area contributed by atoms with E-state index in [4.69, 9.17) is 4.74 Å². The predicted octanol–water partition coefficient (Wildman–Crippen LogP) is 2.26. The van der Waals surface area contributed by atoms with Gasteiger partial charge in [0.15, 0.2) is 12.1 Å². The Bertz CT molecular complexity index is 578. The van der Waals surface area contributed by atoms with Gasteiger partial charge in [0.25, 0.3) is 0 Å². The average Bonchev–Trinajstić information content (AvgIpc) is 2.81. The van der Waals surface area contributed by atoms with Crippen molar-refractivity contribution >= 4 is 17.8 Å². The van der Waals surface area contributed by atoms with Crippen molar-refractivity contribution in [2.75, 3.05) is 31.7 Å². The molecule has 0 spiro atoms. The molecule has 20 heavy (non-hydrogen) atoms. The van der Waals surface area contributed by atoms with E-state index in [0.717, 1.165) is 30.8 Å². The largest absolute Gasteiger partial charge is 0.383 e. The fraction of sp³-hybridized carbons (Fsp3) is 0.467. The monoisotopic (exact) mass is 275 g/mol. The minimum Gasteiger partial charge on any atom is -0.383 e. The van der Waals surface area contributed by atoms with Crippen LogP contribution >= 0.6 is 0 Å². The first-order valence-corrected chi connectivity index (χ1v) is 6.83. The van der Waals surface area contributed by atoms with E-state index in [-0.39, 0.29) is 0 Å². The topological polar surface area (TPSA) is 46.8 Å². The molecule has 0 fully saturated rings. The van der Waals surface area contributed by atoms with E-state index >= 15 is 0 Å². The number of imidazole rings is 1. The highest BCUT2D eigenvalue weighted by Crippen LogP contribution is 2.21. The van der Waals surface area contributed by atoms with Crippen LogP contribution in [0.15, 0.2) is 24.4 Å². The molecule has 2 aromatic rings. The molecular weight excluding hydrogens is 254 g/mol. The number of aldehydes is 1. The van der Waals surface area contributed by atoms with Crippen molar-refractivity contribution < 1.29 is 9.53 Å². The Balaban J connectivity index is 2.43. The highest BCUT2D eigenvalue weighted by Gasteiger charge is 2.18. The zero-order chi connectivity index (χ0) is 14.5. The first-order chi connectivity index (χ1) is 9.67. The molecule has 0 N–H and O–H groups in total. The molecule has 0 aliphatic carbocycles. The first-order valence-electron chi connectivity index (χ1n) is 6.83. The SMILES string of the molecule is COCCN(CC(C)C)c1nc2ccccn2c1C=O. The van der Waals surface area contributed by atoms with E-state index in [9.17, 15) is 4.79 Å². The number of hydrogen-bond donors (Lipinski definition) is 0. The van der Waals surface area contributed by atoms with E-state index in [1.165, 1.54) is 0 Å². The number of methoxy groups -OCH3 is 1. The molecule has 2 heterocycles. The lowest BCUT2D eigenvalue weighted by atomic mass is 10.2. The van der Waals surface area contributed by atoms with Crippen LogP contribution in [0.4, 0.5) is 5.82 Å². The highest BCUT2D eigenvalue weighted by atomic mass is 16.5. The lowest BCUT2D eigenvalue weighted by Crippen LogP contribution is -2.32. The van der Waals surface area contributed by atoms with Gasteiger partial charge in [0, 0.05) is 26.4 Å². The van der Waals surface area contributed by atoms with Crippen LogP contribution in [0, 0.1) is 5.92 Å². The van der Waals surface area contributed by atoms with Crippen molar-refractivity contribution in [3.63, 3.8) is 0 Å². The minimum atomic E-state index is 0.483. The molecule has 0 atom stereocenters. The number of pyridine rings is 1. The quantitative estimate of drug-likeness (QED) is 0.727. The van der Waals surface area contributed by atoms with E-state index in [2.05, 4.69) is 23.7 Å². The second kappa shape index (κ2) is 6.52. The predicted molar refractivity (Wildman–Crippen MR) is 79.5 cm³/mol. The van der Waals surface area contributed by atoms with Crippen molar-refractivity contribution in [1.82, 2.24) is 9.38 Å². The summed E-state index contributed by atoms with van der Waals surface area (Å²) in [5.41, 5.74) is 1.38. The van der Waals surface area contributed by atoms with Gasteiger partial charge in [-0.3, -0.25) is 9.20 Å². The third-order valence-electron chi connectivity index (χ3n) is 3.11. The summed E-state index contributed by atoms with van der Waals surface area (Å²) in [5, 5.41) is 0. The number of fused-ring (bicyclic) bond motifs is 1. The van der Waals surface area contributed by atoms with Gasteiger partial charge in [-0.2, -0.15) is 0 Å². The molecule has 0 unspecified atom stereocenters. The maximum absolute atomic E-state index is 11.4. The van der Waals surface area contributed by atoms with Gasteiger partial charge in [-0.1, -0.05) is 19.9 Å². The van der Waals surface area contributed by atoms with Gasteiger partial charge in [0.1, 0.15) is 11.3 Å². The molecule has 0 radical (unpaired) electrons. The van der Waals surface area contributed by atoms with Crippen molar-refractivity contribution in [2.45, 2.75) is 13.8 Å². The van der Waals surface area contributed by atoms with Crippen molar-refractivity contribution in [3.05, 3.63) is 30.1 Å². The van der Waals surface area contributed by atoms with Gasteiger partial charge in [-0.15, -0.1) is 0 Å². The van der Waals surface area contributed by atoms with Crippen LogP contribution in [0.2, 0.25) is 0 Å². The molecule has 0 aliphatic heterocycles. The molecule has 0 saturated heterocycles.